The third kappa shape index (κ3) is 6.29. The molecule has 0 saturated heterocycles. The largest absolute Gasteiger partial charge is 0.208 e. The van der Waals surface area contributed by atoms with Gasteiger partial charge >= 0.3 is 0 Å². The van der Waals surface area contributed by atoms with Gasteiger partial charge in [0.15, 0.2) is 17.5 Å². The molecule has 0 fully saturated rings. The lowest BCUT2D eigenvalue weighted by Crippen LogP contribution is -2.00. The van der Waals surface area contributed by atoms with Crippen LogP contribution in [0.5, 0.6) is 0 Å². The maximum Gasteiger partial charge on any atom is 0.164 e. The molecule has 0 atom stereocenters. The van der Waals surface area contributed by atoms with Gasteiger partial charge in [0.25, 0.3) is 0 Å². The van der Waals surface area contributed by atoms with E-state index in [9.17, 15) is 0 Å². The Kier molecular flexibility index (Phi) is 8.36. The summed E-state index contributed by atoms with van der Waals surface area (Å²) < 4.78 is 2.58. The average Bonchev–Trinajstić information content (AvgIpc) is 3.67. The fraction of sp³-hybridized carbons (Fsp3) is 0. The number of nitrogens with zero attached hydrogens (tertiary/aromatic N) is 3. The van der Waals surface area contributed by atoms with Gasteiger partial charge in [0.1, 0.15) is 0 Å². The van der Waals surface area contributed by atoms with E-state index in [1.807, 2.05) is 47.7 Å². The molecule has 10 rings (SSSR count). The number of rotatable bonds is 7. The lowest BCUT2D eigenvalue weighted by Gasteiger charge is -2.10. The molecular formula is C51H33N3S. The van der Waals surface area contributed by atoms with Crippen molar-refractivity contribution in [3.8, 4) is 78.7 Å². The second-order valence-electron chi connectivity index (χ2n) is 13.6. The standard InChI is InChI=1S/C51H33N3S/c1-4-14-34(15-5-1)39-20-10-22-41(32-39)44-25-13-27-46-45-26-12-24-43(47(45)55-48(44)46)36-28-30-38(31-29-36)50-52-49(37-18-8-3-9-19-37)53-51(54-50)42-23-11-21-40(33-42)35-16-6-2-7-17-35/h1-33H. The fourth-order valence-electron chi connectivity index (χ4n) is 7.39. The molecule has 0 unspecified atom stereocenters. The van der Waals surface area contributed by atoms with E-state index < -0.39 is 0 Å². The molecule has 3 nitrogen and oxygen atoms in total. The van der Waals surface area contributed by atoms with Crippen LogP contribution in [0.25, 0.3) is 98.8 Å². The van der Waals surface area contributed by atoms with Crippen LogP contribution in [0.2, 0.25) is 0 Å². The van der Waals surface area contributed by atoms with E-state index in [1.165, 1.54) is 48.0 Å². The topological polar surface area (TPSA) is 38.7 Å². The molecule has 258 valence electrons. The highest BCUT2D eigenvalue weighted by Gasteiger charge is 2.16. The molecule has 0 bridgehead atoms. The lowest BCUT2D eigenvalue weighted by molar-refractivity contribution is 1.07. The van der Waals surface area contributed by atoms with Crippen molar-refractivity contribution < 1.29 is 0 Å². The quantitative estimate of drug-likeness (QED) is 0.165. The Morgan fingerprint density at radius 2 is 0.618 bits per heavy atom. The molecule has 2 aromatic heterocycles. The van der Waals surface area contributed by atoms with Gasteiger partial charge in [-0.3, -0.25) is 0 Å². The van der Waals surface area contributed by atoms with Crippen LogP contribution < -0.4 is 0 Å². The van der Waals surface area contributed by atoms with Gasteiger partial charge in [-0.25, -0.2) is 15.0 Å². The van der Waals surface area contributed by atoms with Gasteiger partial charge in [-0.15, -0.1) is 11.3 Å². The lowest BCUT2D eigenvalue weighted by atomic mass is 9.97. The summed E-state index contributed by atoms with van der Waals surface area (Å²) in [6, 6.07) is 70.4. The SMILES string of the molecule is c1ccc(-c2cccc(-c3nc(-c4ccccc4)nc(-c4ccc(-c5cccc6c5sc5c(-c7cccc(-c8ccccc8)c7)cccc56)cc4)n3)c2)cc1. The molecule has 0 amide bonds. The normalized spacial score (nSPS) is 11.3. The molecule has 8 aromatic carbocycles. The van der Waals surface area contributed by atoms with Crippen molar-refractivity contribution in [3.63, 3.8) is 0 Å². The fourth-order valence-corrected chi connectivity index (χ4v) is 8.76. The second kappa shape index (κ2) is 14.1. The summed E-state index contributed by atoms with van der Waals surface area (Å²) in [7, 11) is 0. The summed E-state index contributed by atoms with van der Waals surface area (Å²) in [6.45, 7) is 0. The van der Waals surface area contributed by atoms with Crippen molar-refractivity contribution >= 4 is 31.5 Å². The highest BCUT2D eigenvalue weighted by Crippen LogP contribution is 2.44. The van der Waals surface area contributed by atoms with Crippen molar-refractivity contribution in [2.45, 2.75) is 0 Å². The summed E-state index contributed by atoms with van der Waals surface area (Å²) in [5.74, 6) is 1.93. The maximum atomic E-state index is 5.06. The summed E-state index contributed by atoms with van der Waals surface area (Å²) >= 11 is 1.87. The summed E-state index contributed by atoms with van der Waals surface area (Å²) in [5, 5.41) is 2.55. The number of fused-ring (bicyclic) bond motifs is 3. The van der Waals surface area contributed by atoms with Crippen LogP contribution in [0, 0.1) is 0 Å². The first-order chi connectivity index (χ1) is 27.2. The Morgan fingerprint density at radius 1 is 0.255 bits per heavy atom. The first-order valence-electron chi connectivity index (χ1n) is 18.4. The van der Waals surface area contributed by atoms with Gasteiger partial charge in [0, 0.05) is 36.9 Å². The van der Waals surface area contributed by atoms with E-state index in [0.717, 1.165) is 33.4 Å². The molecule has 0 saturated carbocycles. The van der Waals surface area contributed by atoms with Crippen molar-refractivity contribution in [2.24, 2.45) is 0 Å². The molecule has 4 heteroatoms. The van der Waals surface area contributed by atoms with Gasteiger partial charge < -0.3 is 0 Å². The minimum absolute atomic E-state index is 0.642. The average molecular weight is 720 g/mol. The van der Waals surface area contributed by atoms with E-state index in [2.05, 4.69) is 164 Å². The molecule has 10 aromatic rings. The zero-order chi connectivity index (χ0) is 36.6. The third-order valence-corrected chi connectivity index (χ3v) is 11.4. The Hall–Kier alpha value is -7.01. The minimum atomic E-state index is 0.642. The first kappa shape index (κ1) is 32.6. The Morgan fingerprint density at radius 3 is 1.16 bits per heavy atom. The Labute approximate surface area is 323 Å². The highest BCUT2D eigenvalue weighted by atomic mass is 32.1. The summed E-state index contributed by atoms with van der Waals surface area (Å²) in [5.41, 5.74) is 12.4. The molecular weight excluding hydrogens is 687 g/mol. The molecule has 0 aliphatic heterocycles. The zero-order valence-corrected chi connectivity index (χ0v) is 30.6. The van der Waals surface area contributed by atoms with Gasteiger partial charge in [0.05, 0.1) is 0 Å². The van der Waals surface area contributed by atoms with Crippen LogP contribution in [-0.4, -0.2) is 15.0 Å². The molecule has 0 aliphatic carbocycles. The van der Waals surface area contributed by atoms with Gasteiger partial charge in [-0.2, -0.15) is 0 Å². The van der Waals surface area contributed by atoms with Crippen LogP contribution in [0.4, 0.5) is 0 Å². The van der Waals surface area contributed by atoms with Crippen LogP contribution in [0.3, 0.4) is 0 Å². The maximum absolute atomic E-state index is 5.06. The van der Waals surface area contributed by atoms with E-state index in [1.54, 1.807) is 0 Å². The molecule has 0 radical (unpaired) electrons. The molecule has 2 heterocycles. The predicted molar refractivity (Wildman–Crippen MR) is 231 cm³/mol. The molecule has 0 N–H and O–H groups in total. The Bertz CT molecular complexity index is 2950. The van der Waals surface area contributed by atoms with E-state index >= 15 is 0 Å². The third-order valence-electron chi connectivity index (χ3n) is 10.2. The molecule has 55 heavy (non-hydrogen) atoms. The smallest absolute Gasteiger partial charge is 0.164 e. The number of aromatic nitrogens is 3. The van der Waals surface area contributed by atoms with Crippen LogP contribution >= 0.6 is 11.3 Å². The minimum Gasteiger partial charge on any atom is -0.208 e. The summed E-state index contributed by atoms with van der Waals surface area (Å²) in [4.78, 5) is 15.0. The Balaban J connectivity index is 1.04. The van der Waals surface area contributed by atoms with Crippen molar-refractivity contribution in [1.82, 2.24) is 15.0 Å². The van der Waals surface area contributed by atoms with Crippen LogP contribution in [0.1, 0.15) is 0 Å². The predicted octanol–water partition coefficient (Wildman–Crippen LogP) is 13.9. The van der Waals surface area contributed by atoms with Crippen molar-refractivity contribution in [1.29, 1.82) is 0 Å². The van der Waals surface area contributed by atoms with E-state index in [-0.39, 0.29) is 0 Å². The number of thiophene rings is 1. The zero-order valence-electron chi connectivity index (χ0n) is 29.8. The van der Waals surface area contributed by atoms with Gasteiger partial charge in [0.2, 0.25) is 0 Å². The monoisotopic (exact) mass is 719 g/mol. The van der Waals surface area contributed by atoms with E-state index in [4.69, 9.17) is 15.0 Å². The second-order valence-corrected chi connectivity index (χ2v) is 14.6. The number of hydrogen-bond donors (Lipinski definition) is 0. The van der Waals surface area contributed by atoms with E-state index in [0.29, 0.717) is 17.5 Å². The van der Waals surface area contributed by atoms with Crippen molar-refractivity contribution in [2.75, 3.05) is 0 Å². The van der Waals surface area contributed by atoms with Gasteiger partial charge in [-0.1, -0.05) is 188 Å². The number of benzene rings is 8. The van der Waals surface area contributed by atoms with Crippen LogP contribution in [-0.2, 0) is 0 Å². The van der Waals surface area contributed by atoms with Crippen LogP contribution in [0.15, 0.2) is 200 Å². The number of hydrogen-bond acceptors (Lipinski definition) is 4. The van der Waals surface area contributed by atoms with Gasteiger partial charge in [-0.05, 0) is 56.6 Å². The molecule has 0 spiro atoms. The van der Waals surface area contributed by atoms with Crippen molar-refractivity contribution in [3.05, 3.63) is 200 Å². The molecule has 0 aliphatic rings. The first-order valence-corrected chi connectivity index (χ1v) is 19.3. The summed E-state index contributed by atoms with van der Waals surface area (Å²) in [6.07, 6.45) is 0. The highest BCUT2D eigenvalue weighted by molar-refractivity contribution is 7.26.